The number of carbonyl (C=O) groups is 2. The van der Waals surface area contributed by atoms with Crippen LogP contribution in [0.5, 0.6) is 0 Å². The third kappa shape index (κ3) is 6.10. The van der Waals surface area contributed by atoms with E-state index < -0.39 is 6.17 Å². The lowest BCUT2D eigenvalue weighted by molar-refractivity contribution is -0.115. The zero-order valence-corrected chi connectivity index (χ0v) is 16.4. The van der Waals surface area contributed by atoms with Gasteiger partial charge in [0, 0.05) is 25.4 Å². The van der Waals surface area contributed by atoms with Crippen molar-refractivity contribution in [2.45, 2.75) is 32.0 Å². The minimum Gasteiger partial charge on any atom is -0.354 e. The van der Waals surface area contributed by atoms with Crippen molar-refractivity contribution in [3.63, 3.8) is 0 Å². The molecule has 0 fully saturated rings. The quantitative estimate of drug-likeness (QED) is 0.531. The average molecular weight is 418 g/mol. The van der Waals surface area contributed by atoms with Gasteiger partial charge in [0.15, 0.2) is 5.69 Å². The number of nitrogens with zero attached hydrogens (tertiary/aromatic N) is 6. The highest BCUT2D eigenvalue weighted by Crippen LogP contribution is 2.18. The van der Waals surface area contributed by atoms with E-state index in [1.165, 1.54) is 29.3 Å². The van der Waals surface area contributed by atoms with E-state index >= 15 is 0 Å². The van der Waals surface area contributed by atoms with Gasteiger partial charge in [0.05, 0.1) is 19.2 Å². The Balaban J connectivity index is 1.44. The Morgan fingerprint density at radius 2 is 2.14 bits per heavy atom. The van der Waals surface area contributed by atoms with Crippen LogP contribution in [0.1, 0.15) is 27.6 Å². The molecule has 29 heavy (non-hydrogen) atoms. The van der Waals surface area contributed by atoms with Crippen LogP contribution in [0.3, 0.4) is 0 Å². The third-order valence-corrected chi connectivity index (χ3v) is 4.73. The largest absolute Gasteiger partial charge is 0.354 e. The Kier molecular flexibility index (Phi) is 6.89. The molecule has 3 aromatic heterocycles. The molecule has 0 saturated carbocycles. The molecule has 0 spiro atoms. The molecule has 0 aliphatic carbocycles. The minimum absolute atomic E-state index is 0.0174. The molecule has 0 saturated heterocycles. The molecule has 0 radical (unpaired) electrons. The summed E-state index contributed by atoms with van der Waals surface area (Å²) in [5.74, 6) is -0.619. The number of amides is 2. The Labute approximate surface area is 169 Å². The summed E-state index contributed by atoms with van der Waals surface area (Å²) in [5, 5.41) is 21.4. The lowest BCUT2D eigenvalue weighted by Gasteiger charge is -2.05. The molecule has 0 aliphatic rings. The lowest BCUT2D eigenvalue weighted by Crippen LogP contribution is -2.18. The normalized spacial score (nSPS) is 11.8. The SMILES string of the molecule is CNC(=O)c1cn(CC(F)CCc2nnc(NC(=O)Cc3ccccn3)s2)nn1. The zero-order valence-electron chi connectivity index (χ0n) is 15.6. The molecule has 2 N–H and O–H groups in total. The highest BCUT2D eigenvalue weighted by molar-refractivity contribution is 7.15. The Hall–Kier alpha value is -3.28. The maximum absolute atomic E-state index is 14.2. The summed E-state index contributed by atoms with van der Waals surface area (Å²) in [6.45, 7) is -0.0174. The van der Waals surface area contributed by atoms with Crippen molar-refractivity contribution in [2.24, 2.45) is 0 Å². The summed E-state index contributed by atoms with van der Waals surface area (Å²) in [4.78, 5) is 27.5. The van der Waals surface area contributed by atoms with Crippen LogP contribution in [-0.2, 0) is 24.2 Å². The lowest BCUT2D eigenvalue weighted by atomic mass is 10.2. The van der Waals surface area contributed by atoms with Gasteiger partial charge in [-0.2, -0.15) is 0 Å². The molecule has 0 aliphatic heterocycles. The van der Waals surface area contributed by atoms with Gasteiger partial charge in [-0.25, -0.2) is 9.07 Å². The number of halogens is 1. The van der Waals surface area contributed by atoms with Gasteiger partial charge in [0.1, 0.15) is 11.2 Å². The number of aryl methyl sites for hydroxylation is 1. The predicted molar refractivity (Wildman–Crippen MR) is 103 cm³/mol. The summed E-state index contributed by atoms with van der Waals surface area (Å²) in [6.07, 6.45) is 2.53. The summed E-state index contributed by atoms with van der Waals surface area (Å²) < 4.78 is 15.5. The number of hydrogen-bond acceptors (Lipinski definition) is 8. The minimum atomic E-state index is -1.19. The molecule has 12 heteroatoms. The summed E-state index contributed by atoms with van der Waals surface area (Å²) in [7, 11) is 1.48. The van der Waals surface area contributed by atoms with Crippen LogP contribution in [0.2, 0.25) is 0 Å². The second-order valence-corrected chi connectivity index (χ2v) is 7.15. The van der Waals surface area contributed by atoms with Crippen molar-refractivity contribution < 1.29 is 14.0 Å². The van der Waals surface area contributed by atoms with Gasteiger partial charge in [0.25, 0.3) is 5.91 Å². The molecule has 152 valence electrons. The topological polar surface area (TPSA) is 128 Å². The molecule has 1 unspecified atom stereocenters. The molecule has 0 aromatic carbocycles. The Morgan fingerprint density at radius 1 is 1.28 bits per heavy atom. The van der Waals surface area contributed by atoms with E-state index in [4.69, 9.17) is 0 Å². The zero-order chi connectivity index (χ0) is 20.6. The summed E-state index contributed by atoms with van der Waals surface area (Å²) in [5.41, 5.74) is 0.789. The first-order valence-electron chi connectivity index (χ1n) is 8.82. The third-order valence-electron chi connectivity index (χ3n) is 3.84. The molecule has 3 aromatic rings. The van der Waals surface area contributed by atoms with E-state index in [0.29, 0.717) is 22.3 Å². The fourth-order valence-electron chi connectivity index (χ4n) is 2.43. The van der Waals surface area contributed by atoms with E-state index in [1.807, 2.05) is 6.07 Å². The highest BCUT2D eigenvalue weighted by Gasteiger charge is 2.15. The maximum atomic E-state index is 14.2. The van der Waals surface area contributed by atoms with Crippen LogP contribution in [0.15, 0.2) is 30.6 Å². The second kappa shape index (κ2) is 9.78. The molecule has 10 nitrogen and oxygen atoms in total. The van der Waals surface area contributed by atoms with Crippen molar-refractivity contribution >= 4 is 28.3 Å². The van der Waals surface area contributed by atoms with Crippen LogP contribution in [0.25, 0.3) is 0 Å². The number of pyridine rings is 1. The van der Waals surface area contributed by atoms with E-state index in [-0.39, 0.29) is 36.9 Å². The number of aromatic nitrogens is 6. The Morgan fingerprint density at radius 3 is 2.90 bits per heavy atom. The van der Waals surface area contributed by atoms with Crippen molar-refractivity contribution in [1.29, 1.82) is 0 Å². The van der Waals surface area contributed by atoms with Gasteiger partial charge in [-0.3, -0.25) is 14.6 Å². The van der Waals surface area contributed by atoms with Crippen molar-refractivity contribution in [3.8, 4) is 0 Å². The molecule has 3 rings (SSSR count). The van der Waals surface area contributed by atoms with Crippen LogP contribution >= 0.6 is 11.3 Å². The first-order chi connectivity index (χ1) is 14.0. The average Bonchev–Trinajstić information content (AvgIpc) is 3.36. The van der Waals surface area contributed by atoms with Crippen molar-refractivity contribution in [3.05, 3.63) is 47.0 Å². The van der Waals surface area contributed by atoms with Gasteiger partial charge >= 0.3 is 0 Å². The smallest absolute Gasteiger partial charge is 0.273 e. The molecule has 1 atom stereocenters. The van der Waals surface area contributed by atoms with Crippen LogP contribution < -0.4 is 10.6 Å². The number of nitrogens with one attached hydrogen (secondary N) is 2. The second-order valence-electron chi connectivity index (χ2n) is 6.09. The fraction of sp³-hybridized carbons (Fsp3) is 0.353. The van der Waals surface area contributed by atoms with Crippen molar-refractivity contribution in [1.82, 2.24) is 35.5 Å². The van der Waals surface area contributed by atoms with Gasteiger partial charge in [-0.1, -0.05) is 22.6 Å². The Bertz CT molecular complexity index is 961. The monoisotopic (exact) mass is 418 g/mol. The number of carbonyl (C=O) groups excluding carboxylic acids is 2. The van der Waals surface area contributed by atoms with E-state index in [9.17, 15) is 14.0 Å². The number of hydrogen-bond donors (Lipinski definition) is 2. The maximum Gasteiger partial charge on any atom is 0.273 e. The van der Waals surface area contributed by atoms with Gasteiger partial charge in [-0.05, 0) is 18.6 Å². The van der Waals surface area contributed by atoms with Crippen LogP contribution in [0, 0.1) is 0 Å². The molecule has 0 bridgehead atoms. The molecule has 3 heterocycles. The number of alkyl halides is 1. The summed E-state index contributed by atoms with van der Waals surface area (Å²) in [6, 6.07) is 5.35. The molecular weight excluding hydrogens is 399 g/mol. The fourth-order valence-corrected chi connectivity index (χ4v) is 3.20. The van der Waals surface area contributed by atoms with E-state index in [0.717, 1.165) is 0 Å². The van der Waals surface area contributed by atoms with Gasteiger partial charge in [0.2, 0.25) is 11.0 Å². The summed E-state index contributed by atoms with van der Waals surface area (Å²) >= 11 is 1.20. The van der Waals surface area contributed by atoms with Gasteiger partial charge in [-0.15, -0.1) is 15.3 Å². The van der Waals surface area contributed by atoms with E-state index in [1.54, 1.807) is 18.3 Å². The van der Waals surface area contributed by atoms with E-state index in [2.05, 4.69) is 36.1 Å². The van der Waals surface area contributed by atoms with Crippen LogP contribution in [0.4, 0.5) is 9.52 Å². The number of rotatable bonds is 9. The molecular formula is C17H19FN8O2S. The standard InChI is InChI=1S/C17H19FN8O2S/c1-19-16(28)13-10-26(25-22-13)9-11(18)5-6-15-23-24-17(29-15)21-14(27)8-12-4-2-3-7-20-12/h2-4,7,10-11H,5-6,8-9H2,1H3,(H,19,28)(H,21,24,27). The first kappa shape index (κ1) is 20.5. The first-order valence-corrected chi connectivity index (χ1v) is 9.63. The molecule has 2 amide bonds. The van der Waals surface area contributed by atoms with Gasteiger partial charge < -0.3 is 10.6 Å². The highest BCUT2D eigenvalue weighted by atomic mass is 32.1. The number of anilines is 1. The van der Waals surface area contributed by atoms with Crippen molar-refractivity contribution in [2.75, 3.05) is 12.4 Å². The predicted octanol–water partition coefficient (Wildman–Crippen LogP) is 1.04. The van der Waals surface area contributed by atoms with Crippen LogP contribution in [-0.4, -0.2) is 55.2 Å².